The number of carbonyl (C=O) groups excluding carboxylic acids is 3. The summed E-state index contributed by atoms with van der Waals surface area (Å²) in [5.74, 6) is -2.53. The zero-order valence-electron chi connectivity index (χ0n) is 15.8. The third-order valence-electron chi connectivity index (χ3n) is 3.89. The highest BCUT2D eigenvalue weighted by atomic mass is 19.4. The van der Waals surface area contributed by atoms with Crippen LogP contribution in [0.5, 0.6) is 0 Å². The van der Waals surface area contributed by atoms with Crippen molar-refractivity contribution in [3.8, 4) is 0 Å². The van der Waals surface area contributed by atoms with E-state index in [9.17, 15) is 37.1 Å². The van der Waals surface area contributed by atoms with E-state index in [2.05, 4.69) is 0 Å². The van der Waals surface area contributed by atoms with Crippen LogP contribution in [0.25, 0.3) is 0 Å². The molecule has 0 aromatic carbocycles. The predicted octanol–water partition coefficient (Wildman–Crippen LogP) is -0.121. The lowest BCUT2D eigenvalue weighted by Crippen LogP contribution is -2.43. The summed E-state index contributed by atoms with van der Waals surface area (Å²) < 4.78 is 60.0. The Morgan fingerprint density at radius 1 is 1.07 bits per heavy atom. The standard InChI is InChI=1S/C16H17F3N2O9/c1-6(22)27-5-10-11(28-7(2)23)12(29-8(3)24)14(30-10)21-4-9(16(17,18)19)13(25)20-15(21)26/h4,10-12,14H,5H2,1-3H3,(H,20,25,26)/t10-,11+,12?,14-/m1/s1. The van der Waals surface area contributed by atoms with Crippen LogP contribution in [0, 0.1) is 0 Å². The number of H-pyrrole nitrogens is 1. The average Bonchev–Trinajstić information content (AvgIpc) is 2.88. The predicted molar refractivity (Wildman–Crippen MR) is 88.0 cm³/mol. The van der Waals surface area contributed by atoms with E-state index in [0.29, 0.717) is 4.57 Å². The smallest absolute Gasteiger partial charge is 0.423 e. The molecule has 30 heavy (non-hydrogen) atoms. The Bertz CT molecular complexity index is 953. The Balaban J connectivity index is 2.56. The molecule has 0 aliphatic carbocycles. The number of hydrogen-bond donors (Lipinski definition) is 1. The van der Waals surface area contributed by atoms with Crippen molar-refractivity contribution in [2.45, 2.75) is 51.5 Å². The summed E-state index contributed by atoms with van der Waals surface area (Å²) in [7, 11) is 0. The number of hydrogen-bond acceptors (Lipinski definition) is 9. The molecule has 0 spiro atoms. The van der Waals surface area contributed by atoms with Gasteiger partial charge in [-0.1, -0.05) is 0 Å². The van der Waals surface area contributed by atoms with Gasteiger partial charge in [0.2, 0.25) is 0 Å². The third kappa shape index (κ3) is 5.25. The molecule has 1 fully saturated rings. The second-order valence-corrected chi connectivity index (χ2v) is 6.22. The number of aromatic nitrogens is 2. The third-order valence-corrected chi connectivity index (χ3v) is 3.89. The summed E-state index contributed by atoms with van der Waals surface area (Å²) in [6.07, 6.45) is -10.9. The van der Waals surface area contributed by atoms with E-state index in [-0.39, 0.29) is 6.20 Å². The van der Waals surface area contributed by atoms with E-state index in [1.54, 1.807) is 0 Å². The number of ether oxygens (including phenoxy) is 4. The van der Waals surface area contributed by atoms with Gasteiger partial charge in [0.15, 0.2) is 18.4 Å². The van der Waals surface area contributed by atoms with E-state index in [1.165, 1.54) is 4.98 Å². The van der Waals surface area contributed by atoms with Crippen LogP contribution < -0.4 is 11.2 Å². The van der Waals surface area contributed by atoms with E-state index < -0.39 is 72.0 Å². The number of esters is 3. The molecular formula is C16H17F3N2O9. The van der Waals surface area contributed by atoms with Gasteiger partial charge in [0.25, 0.3) is 5.56 Å². The molecule has 0 amide bonds. The highest BCUT2D eigenvalue weighted by Gasteiger charge is 2.51. The lowest BCUT2D eigenvalue weighted by molar-refractivity contribution is -0.166. The van der Waals surface area contributed by atoms with Crippen molar-refractivity contribution in [1.82, 2.24) is 9.55 Å². The van der Waals surface area contributed by atoms with Gasteiger partial charge >= 0.3 is 29.8 Å². The number of carbonyl (C=O) groups is 3. The molecule has 1 aromatic heterocycles. The Labute approximate surface area is 165 Å². The van der Waals surface area contributed by atoms with Crippen molar-refractivity contribution < 1.29 is 46.5 Å². The maximum atomic E-state index is 13.1. The first-order valence-corrected chi connectivity index (χ1v) is 8.37. The van der Waals surface area contributed by atoms with Crippen LogP contribution in [0.15, 0.2) is 15.8 Å². The molecule has 14 heteroatoms. The van der Waals surface area contributed by atoms with Gasteiger partial charge in [-0.05, 0) is 0 Å². The molecule has 1 N–H and O–H groups in total. The number of aromatic amines is 1. The summed E-state index contributed by atoms with van der Waals surface area (Å²) in [6.45, 7) is 2.53. The topological polar surface area (TPSA) is 143 Å². The minimum atomic E-state index is -5.11. The lowest BCUT2D eigenvalue weighted by atomic mass is 10.1. The highest BCUT2D eigenvalue weighted by Crippen LogP contribution is 2.34. The van der Waals surface area contributed by atoms with E-state index >= 15 is 0 Å². The van der Waals surface area contributed by atoms with Gasteiger partial charge in [-0.15, -0.1) is 0 Å². The minimum Gasteiger partial charge on any atom is -0.463 e. The molecule has 2 heterocycles. The van der Waals surface area contributed by atoms with Crippen molar-refractivity contribution in [3.63, 3.8) is 0 Å². The van der Waals surface area contributed by atoms with Crippen molar-refractivity contribution >= 4 is 17.9 Å². The van der Waals surface area contributed by atoms with Crippen LogP contribution in [0.1, 0.15) is 32.6 Å². The SMILES string of the molecule is CC(=O)OC[C@H]1O[C@@H](n2cc(C(F)(F)F)c(=O)[nH]c2=O)C(OC(C)=O)[C@H]1OC(C)=O. The number of nitrogens with zero attached hydrogens (tertiary/aromatic N) is 1. The first-order valence-electron chi connectivity index (χ1n) is 8.37. The van der Waals surface area contributed by atoms with Crippen LogP contribution in [0.3, 0.4) is 0 Å². The van der Waals surface area contributed by atoms with Crippen molar-refractivity contribution in [3.05, 3.63) is 32.6 Å². The summed E-state index contributed by atoms with van der Waals surface area (Å²) in [4.78, 5) is 59.3. The first kappa shape index (κ1) is 23.1. The normalized spacial score (nSPS) is 23.7. The van der Waals surface area contributed by atoms with Gasteiger partial charge in [-0.25, -0.2) is 4.79 Å². The summed E-state index contributed by atoms with van der Waals surface area (Å²) in [5.41, 5.74) is -4.69. The van der Waals surface area contributed by atoms with Crippen LogP contribution in [-0.2, 0) is 39.5 Å². The molecule has 1 saturated heterocycles. The minimum absolute atomic E-state index is 0.196. The van der Waals surface area contributed by atoms with Gasteiger partial charge in [-0.3, -0.25) is 28.7 Å². The zero-order valence-corrected chi connectivity index (χ0v) is 15.8. The van der Waals surface area contributed by atoms with Gasteiger partial charge in [0.1, 0.15) is 18.3 Å². The summed E-state index contributed by atoms with van der Waals surface area (Å²) in [5, 5.41) is 0. The molecule has 2 rings (SSSR count). The van der Waals surface area contributed by atoms with Crippen LogP contribution >= 0.6 is 0 Å². The molecule has 0 bridgehead atoms. The largest absolute Gasteiger partial charge is 0.463 e. The first-order chi connectivity index (χ1) is 13.8. The van der Waals surface area contributed by atoms with E-state index in [4.69, 9.17) is 18.9 Å². The average molecular weight is 438 g/mol. The van der Waals surface area contributed by atoms with Crippen LogP contribution in [0.2, 0.25) is 0 Å². The van der Waals surface area contributed by atoms with E-state index in [1.807, 2.05) is 0 Å². The molecule has 166 valence electrons. The number of rotatable bonds is 5. The Kier molecular flexibility index (Phi) is 6.70. The summed E-state index contributed by atoms with van der Waals surface area (Å²) in [6, 6.07) is 0. The molecule has 1 aromatic rings. The molecule has 4 atom stereocenters. The Hall–Kier alpha value is -3.16. The van der Waals surface area contributed by atoms with Crippen LogP contribution in [-0.4, -0.2) is 52.4 Å². The Morgan fingerprint density at radius 3 is 2.13 bits per heavy atom. The fourth-order valence-electron chi connectivity index (χ4n) is 2.79. The van der Waals surface area contributed by atoms with E-state index in [0.717, 1.165) is 20.8 Å². The van der Waals surface area contributed by atoms with Gasteiger partial charge < -0.3 is 18.9 Å². The van der Waals surface area contributed by atoms with Crippen LogP contribution in [0.4, 0.5) is 13.2 Å². The van der Waals surface area contributed by atoms with Gasteiger partial charge in [0.05, 0.1) is 0 Å². The van der Waals surface area contributed by atoms with Crippen molar-refractivity contribution in [2.75, 3.05) is 6.61 Å². The van der Waals surface area contributed by atoms with Gasteiger partial charge in [-0.2, -0.15) is 13.2 Å². The molecule has 1 unspecified atom stereocenters. The molecule has 0 saturated carbocycles. The zero-order chi connectivity index (χ0) is 22.8. The molecule has 1 aliphatic heterocycles. The monoisotopic (exact) mass is 438 g/mol. The maximum absolute atomic E-state index is 13.1. The molecule has 0 radical (unpaired) electrons. The van der Waals surface area contributed by atoms with Gasteiger partial charge in [0, 0.05) is 27.0 Å². The Morgan fingerprint density at radius 2 is 1.63 bits per heavy atom. The second-order valence-electron chi connectivity index (χ2n) is 6.22. The number of halogens is 3. The molecular weight excluding hydrogens is 421 g/mol. The second kappa shape index (κ2) is 8.69. The lowest BCUT2D eigenvalue weighted by Gasteiger charge is -2.24. The number of nitrogens with one attached hydrogen (secondary N) is 1. The fourth-order valence-corrected chi connectivity index (χ4v) is 2.79. The fraction of sp³-hybridized carbons (Fsp3) is 0.562. The maximum Gasteiger partial charge on any atom is 0.423 e. The van der Waals surface area contributed by atoms with Crippen molar-refractivity contribution in [2.24, 2.45) is 0 Å². The highest BCUT2D eigenvalue weighted by molar-refractivity contribution is 5.68. The summed E-state index contributed by atoms with van der Waals surface area (Å²) >= 11 is 0. The molecule has 11 nitrogen and oxygen atoms in total. The van der Waals surface area contributed by atoms with Crippen molar-refractivity contribution in [1.29, 1.82) is 0 Å². The molecule has 1 aliphatic rings. The number of alkyl halides is 3. The quantitative estimate of drug-likeness (QED) is 0.492.